The summed E-state index contributed by atoms with van der Waals surface area (Å²) in [7, 11) is -3.34. The third-order valence-corrected chi connectivity index (χ3v) is 3.77. The van der Waals surface area contributed by atoms with Gasteiger partial charge in [-0.25, -0.2) is 0 Å². The number of rotatable bonds is 7. The van der Waals surface area contributed by atoms with Crippen molar-refractivity contribution in [2.75, 3.05) is 12.8 Å². The van der Waals surface area contributed by atoms with Gasteiger partial charge in [0.15, 0.2) is 0 Å². The SMILES string of the molecule is CCOP(=O)(CC=O)OC(C)c1ccco1. The van der Waals surface area contributed by atoms with Crippen molar-refractivity contribution in [3.8, 4) is 0 Å². The molecule has 0 saturated carbocycles. The van der Waals surface area contributed by atoms with Crippen molar-refractivity contribution >= 4 is 13.9 Å². The van der Waals surface area contributed by atoms with E-state index in [0.29, 0.717) is 12.0 Å². The lowest BCUT2D eigenvalue weighted by Gasteiger charge is -2.19. The van der Waals surface area contributed by atoms with Crippen LogP contribution in [-0.2, 0) is 18.4 Å². The predicted octanol–water partition coefficient (Wildman–Crippen LogP) is 2.79. The molecular formula is C10H15O5P. The summed E-state index contributed by atoms with van der Waals surface area (Å²) in [6.45, 7) is 3.61. The normalized spacial score (nSPS) is 16.6. The van der Waals surface area contributed by atoms with Crippen molar-refractivity contribution in [2.45, 2.75) is 20.0 Å². The Hall–Kier alpha value is -0.900. The first-order chi connectivity index (χ1) is 7.61. The summed E-state index contributed by atoms with van der Waals surface area (Å²) in [6.07, 6.45) is 1.28. The molecule has 0 aliphatic heterocycles. The zero-order valence-electron chi connectivity index (χ0n) is 9.29. The highest BCUT2D eigenvalue weighted by Gasteiger charge is 2.27. The zero-order valence-corrected chi connectivity index (χ0v) is 10.2. The summed E-state index contributed by atoms with van der Waals surface area (Å²) in [6, 6.07) is 3.42. The Kier molecular flexibility index (Phi) is 4.93. The number of aldehydes is 1. The highest BCUT2D eigenvalue weighted by Crippen LogP contribution is 2.51. The first-order valence-corrected chi connectivity index (χ1v) is 6.73. The third kappa shape index (κ3) is 3.59. The Morgan fingerprint density at radius 3 is 2.88 bits per heavy atom. The Morgan fingerprint density at radius 2 is 2.38 bits per heavy atom. The maximum absolute atomic E-state index is 12.0. The maximum atomic E-state index is 12.0. The van der Waals surface area contributed by atoms with Gasteiger partial charge in [0.05, 0.1) is 12.9 Å². The summed E-state index contributed by atoms with van der Waals surface area (Å²) >= 11 is 0. The summed E-state index contributed by atoms with van der Waals surface area (Å²) in [5.41, 5.74) is 0. The van der Waals surface area contributed by atoms with Crippen molar-refractivity contribution in [3.05, 3.63) is 24.2 Å². The Bertz CT molecular complexity index is 359. The molecule has 1 aromatic rings. The molecule has 0 spiro atoms. The van der Waals surface area contributed by atoms with E-state index in [2.05, 4.69) is 0 Å². The second-order valence-corrected chi connectivity index (χ2v) is 5.20. The molecule has 1 aromatic heterocycles. The topological polar surface area (TPSA) is 65.7 Å². The van der Waals surface area contributed by atoms with Crippen LogP contribution in [0.15, 0.2) is 22.8 Å². The van der Waals surface area contributed by atoms with E-state index < -0.39 is 13.7 Å². The summed E-state index contributed by atoms with van der Waals surface area (Å²) in [5, 5.41) is 0. The lowest BCUT2D eigenvalue weighted by Crippen LogP contribution is -2.04. The Labute approximate surface area is 94.3 Å². The second kappa shape index (κ2) is 5.99. The minimum atomic E-state index is -3.34. The average Bonchev–Trinajstić information content (AvgIpc) is 2.70. The van der Waals surface area contributed by atoms with Crippen LogP contribution < -0.4 is 0 Å². The van der Waals surface area contributed by atoms with Crippen LogP contribution in [0.3, 0.4) is 0 Å². The van der Waals surface area contributed by atoms with Gasteiger partial charge in [0.2, 0.25) is 0 Å². The monoisotopic (exact) mass is 246 g/mol. The van der Waals surface area contributed by atoms with Crippen LogP contribution in [0.25, 0.3) is 0 Å². The molecule has 2 unspecified atom stereocenters. The molecule has 0 bridgehead atoms. The molecule has 0 N–H and O–H groups in total. The molecule has 0 radical (unpaired) electrons. The Balaban J connectivity index is 2.68. The van der Waals surface area contributed by atoms with E-state index in [9.17, 15) is 9.36 Å². The van der Waals surface area contributed by atoms with E-state index >= 15 is 0 Å². The predicted molar refractivity (Wildman–Crippen MR) is 58.4 cm³/mol. The molecule has 90 valence electrons. The zero-order chi connectivity index (χ0) is 12.0. The van der Waals surface area contributed by atoms with Gasteiger partial charge < -0.3 is 13.7 Å². The number of hydrogen-bond acceptors (Lipinski definition) is 5. The van der Waals surface area contributed by atoms with Crippen LogP contribution >= 0.6 is 7.60 Å². The van der Waals surface area contributed by atoms with Gasteiger partial charge >= 0.3 is 7.60 Å². The smallest absolute Gasteiger partial charge is 0.338 e. The fraction of sp³-hybridized carbons (Fsp3) is 0.500. The second-order valence-electron chi connectivity index (χ2n) is 3.14. The minimum Gasteiger partial charge on any atom is -0.467 e. The lowest BCUT2D eigenvalue weighted by molar-refractivity contribution is -0.106. The van der Waals surface area contributed by atoms with Crippen LogP contribution in [0.5, 0.6) is 0 Å². The number of hydrogen-bond donors (Lipinski definition) is 0. The van der Waals surface area contributed by atoms with E-state index in [1.54, 1.807) is 26.0 Å². The Morgan fingerprint density at radius 1 is 1.62 bits per heavy atom. The summed E-state index contributed by atoms with van der Waals surface area (Å²) in [4.78, 5) is 10.4. The van der Waals surface area contributed by atoms with E-state index in [1.807, 2.05) is 0 Å². The number of carbonyl (C=O) groups is 1. The molecule has 0 aliphatic carbocycles. The van der Waals surface area contributed by atoms with Gasteiger partial charge in [0.1, 0.15) is 24.3 Å². The van der Waals surface area contributed by atoms with E-state index in [4.69, 9.17) is 13.5 Å². The van der Waals surface area contributed by atoms with Crippen molar-refractivity contribution in [1.29, 1.82) is 0 Å². The van der Waals surface area contributed by atoms with Gasteiger partial charge in [-0.1, -0.05) is 0 Å². The molecule has 0 fully saturated rings. The van der Waals surface area contributed by atoms with Crippen molar-refractivity contribution in [1.82, 2.24) is 0 Å². The largest absolute Gasteiger partial charge is 0.467 e. The molecule has 2 atom stereocenters. The van der Waals surface area contributed by atoms with E-state index in [0.717, 1.165) is 0 Å². The van der Waals surface area contributed by atoms with Crippen molar-refractivity contribution in [2.24, 2.45) is 0 Å². The molecule has 0 amide bonds. The lowest BCUT2D eigenvalue weighted by atomic mass is 10.3. The summed E-state index contributed by atoms with van der Waals surface area (Å²) in [5.74, 6) is 0.547. The van der Waals surface area contributed by atoms with Crippen LogP contribution in [0.4, 0.5) is 0 Å². The van der Waals surface area contributed by atoms with Crippen LogP contribution in [0, 0.1) is 0 Å². The molecule has 6 heteroatoms. The average molecular weight is 246 g/mol. The highest BCUT2D eigenvalue weighted by molar-refractivity contribution is 7.54. The van der Waals surface area contributed by atoms with Gasteiger partial charge in [-0.3, -0.25) is 9.09 Å². The molecule has 5 nitrogen and oxygen atoms in total. The minimum absolute atomic E-state index is 0.232. The fourth-order valence-corrected chi connectivity index (χ4v) is 2.64. The first kappa shape index (κ1) is 13.2. The molecule has 1 heterocycles. The highest BCUT2D eigenvalue weighted by atomic mass is 31.2. The molecule has 1 rings (SSSR count). The van der Waals surface area contributed by atoms with Gasteiger partial charge in [-0.15, -0.1) is 0 Å². The fourth-order valence-electron chi connectivity index (χ4n) is 1.23. The standard InChI is InChI=1S/C10H15O5P/c1-3-14-16(12,8-6-11)15-9(2)10-5-4-7-13-10/h4-7,9H,3,8H2,1-2H3. The van der Waals surface area contributed by atoms with E-state index in [-0.39, 0.29) is 12.8 Å². The van der Waals surface area contributed by atoms with Crippen LogP contribution in [0.1, 0.15) is 25.7 Å². The molecule has 0 aliphatic rings. The summed E-state index contributed by atoms with van der Waals surface area (Å²) < 4.78 is 27.4. The molecule has 16 heavy (non-hydrogen) atoms. The van der Waals surface area contributed by atoms with Crippen molar-refractivity contribution in [3.63, 3.8) is 0 Å². The van der Waals surface area contributed by atoms with Gasteiger partial charge in [-0.2, -0.15) is 0 Å². The van der Waals surface area contributed by atoms with Crippen LogP contribution in [0.2, 0.25) is 0 Å². The van der Waals surface area contributed by atoms with Crippen LogP contribution in [-0.4, -0.2) is 19.1 Å². The molecule has 0 aromatic carbocycles. The van der Waals surface area contributed by atoms with Gasteiger partial charge in [-0.05, 0) is 26.0 Å². The number of furan rings is 1. The molecule has 0 saturated heterocycles. The number of carbonyl (C=O) groups excluding carboxylic acids is 1. The third-order valence-electron chi connectivity index (χ3n) is 1.89. The maximum Gasteiger partial charge on any atom is 0.338 e. The van der Waals surface area contributed by atoms with Gasteiger partial charge in [0, 0.05) is 0 Å². The van der Waals surface area contributed by atoms with E-state index in [1.165, 1.54) is 6.26 Å². The molecular weight excluding hydrogens is 231 g/mol. The van der Waals surface area contributed by atoms with Crippen molar-refractivity contribution < 1.29 is 22.8 Å². The van der Waals surface area contributed by atoms with Gasteiger partial charge in [0.25, 0.3) is 0 Å². The first-order valence-electron chi connectivity index (χ1n) is 5.00. The quantitative estimate of drug-likeness (QED) is 0.546.